The smallest absolute Gasteiger partial charge is 0.00911 e. The zero-order valence-corrected chi connectivity index (χ0v) is 11.8. The van der Waals surface area contributed by atoms with E-state index in [9.17, 15) is 0 Å². The number of hydrogen-bond donors (Lipinski definition) is 0. The molecule has 0 N–H and O–H groups in total. The van der Waals surface area contributed by atoms with Crippen molar-refractivity contribution in [3.63, 3.8) is 0 Å². The van der Waals surface area contributed by atoms with Crippen molar-refractivity contribution >= 4 is 11.1 Å². The van der Waals surface area contributed by atoms with Crippen LogP contribution in [0.4, 0.5) is 0 Å². The van der Waals surface area contributed by atoms with Crippen LogP contribution in [0.2, 0.25) is 0 Å². The normalized spacial score (nSPS) is 11.6. The van der Waals surface area contributed by atoms with Crippen LogP contribution in [0.5, 0.6) is 0 Å². The van der Waals surface area contributed by atoms with Gasteiger partial charge in [-0.05, 0) is 35.1 Å². The largest absolute Gasteiger partial charge is 0.103 e. The molecule has 0 nitrogen and oxygen atoms in total. The number of rotatable bonds is 6. The maximum atomic E-state index is 3.90. The monoisotopic (exact) mass is 260 g/mol. The molecule has 2 rings (SSSR count). The van der Waals surface area contributed by atoms with E-state index in [1.165, 1.54) is 22.3 Å². The van der Waals surface area contributed by atoms with Crippen LogP contribution in [-0.2, 0) is 0 Å². The fourth-order valence-electron chi connectivity index (χ4n) is 2.40. The van der Waals surface area contributed by atoms with Gasteiger partial charge in [-0.2, -0.15) is 0 Å². The Morgan fingerprint density at radius 2 is 1.00 bits per heavy atom. The Balaban J connectivity index is 2.59. The van der Waals surface area contributed by atoms with Crippen molar-refractivity contribution < 1.29 is 0 Å². The van der Waals surface area contributed by atoms with E-state index in [1.54, 1.807) is 0 Å². The Bertz CT molecular complexity index is 533. The van der Waals surface area contributed by atoms with E-state index < -0.39 is 0 Å². The Hall–Kier alpha value is -2.34. The molecule has 0 aliphatic carbocycles. The first-order valence-electron chi connectivity index (χ1n) is 6.91. The summed E-state index contributed by atoms with van der Waals surface area (Å²) in [6.45, 7) is 7.80. The van der Waals surface area contributed by atoms with Gasteiger partial charge in [0, 0.05) is 0 Å². The van der Waals surface area contributed by atoms with Gasteiger partial charge < -0.3 is 0 Å². The molecule has 0 aromatic heterocycles. The van der Waals surface area contributed by atoms with Crippen molar-refractivity contribution in [2.45, 2.75) is 12.8 Å². The molecule has 0 unspecified atom stereocenters. The molecular weight excluding hydrogens is 240 g/mol. The predicted octanol–water partition coefficient (Wildman–Crippen LogP) is 5.75. The number of hydrogen-bond acceptors (Lipinski definition) is 0. The second kappa shape index (κ2) is 7.30. The van der Waals surface area contributed by atoms with Crippen LogP contribution in [0, 0.1) is 0 Å². The van der Waals surface area contributed by atoms with Gasteiger partial charge in [-0.15, -0.1) is 13.2 Å². The van der Waals surface area contributed by atoms with Crippen molar-refractivity contribution in [1.82, 2.24) is 0 Å². The van der Waals surface area contributed by atoms with Gasteiger partial charge in [0.2, 0.25) is 0 Å². The fourth-order valence-corrected chi connectivity index (χ4v) is 2.40. The van der Waals surface area contributed by atoms with Crippen LogP contribution < -0.4 is 0 Å². The Morgan fingerprint density at radius 1 is 0.650 bits per heavy atom. The first-order chi connectivity index (χ1) is 9.86. The van der Waals surface area contributed by atoms with Crippen molar-refractivity contribution in [2.75, 3.05) is 0 Å². The highest BCUT2D eigenvalue weighted by Gasteiger charge is 2.09. The van der Waals surface area contributed by atoms with Crippen LogP contribution in [0.15, 0.2) is 86.0 Å². The van der Waals surface area contributed by atoms with Gasteiger partial charge in [0.05, 0.1) is 0 Å². The summed E-state index contributed by atoms with van der Waals surface area (Å²) in [5.74, 6) is 0. The van der Waals surface area contributed by atoms with E-state index in [0.717, 1.165) is 12.8 Å². The molecule has 0 fully saturated rings. The van der Waals surface area contributed by atoms with Crippen LogP contribution >= 0.6 is 0 Å². The van der Waals surface area contributed by atoms with Crippen molar-refractivity contribution in [2.24, 2.45) is 0 Å². The Kier molecular flexibility index (Phi) is 5.14. The van der Waals surface area contributed by atoms with Crippen molar-refractivity contribution in [3.05, 3.63) is 97.1 Å². The van der Waals surface area contributed by atoms with E-state index in [1.807, 2.05) is 24.3 Å². The zero-order valence-electron chi connectivity index (χ0n) is 11.8. The molecule has 0 spiro atoms. The fraction of sp³-hybridized carbons (Fsp3) is 0.100. The lowest BCUT2D eigenvalue weighted by Gasteiger charge is -2.14. The molecule has 0 saturated heterocycles. The van der Waals surface area contributed by atoms with Gasteiger partial charge in [0.1, 0.15) is 0 Å². The lowest BCUT2D eigenvalue weighted by Crippen LogP contribution is -1.92. The van der Waals surface area contributed by atoms with Crippen molar-refractivity contribution in [1.29, 1.82) is 0 Å². The van der Waals surface area contributed by atoms with E-state index in [0.29, 0.717) is 0 Å². The van der Waals surface area contributed by atoms with Crippen LogP contribution in [-0.4, -0.2) is 0 Å². The Morgan fingerprint density at radius 3 is 1.30 bits per heavy atom. The number of allylic oxidation sites excluding steroid dienone is 4. The summed E-state index contributed by atoms with van der Waals surface area (Å²) in [6.07, 6.45) is 5.66. The molecule has 2 aromatic rings. The zero-order chi connectivity index (χ0) is 14.2. The molecule has 0 aliphatic rings. The Labute approximate surface area is 121 Å². The molecule has 0 amide bonds. The lowest BCUT2D eigenvalue weighted by molar-refractivity contribution is 1.33. The third kappa shape index (κ3) is 3.36. The summed E-state index contributed by atoms with van der Waals surface area (Å²) >= 11 is 0. The maximum Gasteiger partial charge on any atom is -0.00911 e. The molecule has 0 bridgehead atoms. The average Bonchev–Trinajstić information content (AvgIpc) is 2.52. The lowest BCUT2D eigenvalue weighted by atomic mass is 9.90. The second-order valence-corrected chi connectivity index (χ2v) is 4.67. The van der Waals surface area contributed by atoms with E-state index in [4.69, 9.17) is 0 Å². The summed E-state index contributed by atoms with van der Waals surface area (Å²) in [5.41, 5.74) is 5.17. The standard InChI is InChI=1S/C20H20/c1-3-11-19(17-13-7-5-8-14-17)20(12-4-2)18-15-9-6-10-16-18/h3-10,13-16H,1-2,11-12H2/b20-19+. The predicted molar refractivity (Wildman–Crippen MR) is 89.3 cm³/mol. The molecule has 0 heterocycles. The molecule has 2 aromatic carbocycles. The van der Waals surface area contributed by atoms with E-state index in [2.05, 4.69) is 61.7 Å². The highest BCUT2D eigenvalue weighted by molar-refractivity contribution is 5.91. The summed E-state index contributed by atoms with van der Waals surface area (Å²) in [7, 11) is 0. The molecule has 100 valence electrons. The molecule has 0 saturated carbocycles. The third-order valence-electron chi connectivity index (χ3n) is 3.31. The average molecular weight is 260 g/mol. The SMILES string of the molecule is C=CC/C(=C(/CC=C)c1ccccc1)c1ccccc1. The topological polar surface area (TPSA) is 0 Å². The van der Waals surface area contributed by atoms with Gasteiger partial charge in [-0.3, -0.25) is 0 Å². The minimum atomic E-state index is 0.863. The molecule has 0 radical (unpaired) electrons. The van der Waals surface area contributed by atoms with Crippen molar-refractivity contribution in [3.8, 4) is 0 Å². The van der Waals surface area contributed by atoms with Crippen LogP contribution in [0.25, 0.3) is 11.1 Å². The molecular formula is C20H20. The van der Waals surface area contributed by atoms with E-state index >= 15 is 0 Å². The minimum Gasteiger partial charge on any atom is -0.103 e. The highest BCUT2D eigenvalue weighted by Crippen LogP contribution is 2.31. The van der Waals surface area contributed by atoms with Gasteiger partial charge in [-0.25, -0.2) is 0 Å². The number of benzene rings is 2. The molecule has 0 heteroatoms. The van der Waals surface area contributed by atoms with E-state index in [-0.39, 0.29) is 0 Å². The third-order valence-corrected chi connectivity index (χ3v) is 3.31. The van der Waals surface area contributed by atoms with Crippen LogP contribution in [0.1, 0.15) is 24.0 Å². The molecule has 20 heavy (non-hydrogen) atoms. The maximum absolute atomic E-state index is 3.90. The van der Waals surface area contributed by atoms with Gasteiger partial charge >= 0.3 is 0 Å². The van der Waals surface area contributed by atoms with Gasteiger partial charge in [0.15, 0.2) is 0 Å². The van der Waals surface area contributed by atoms with Crippen LogP contribution in [0.3, 0.4) is 0 Å². The minimum absolute atomic E-state index is 0.863. The summed E-state index contributed by atoms with van der Waals surface area (Å²) in [5, 5.41) is 0. The second-order valence-electron chi connectivity index (χ2n) is 4.67. The summed E-state index contributed by atoms with van der Waals surface area (Å²) in [6, 6.07) is 21.0. The summed E-state index contributed by atoms with van der Waals surface area (Å²) < 4.78 is 0. The van der Waals surface area contributed by atoms with Gasteiger partial charge in [0.25, 0.3) is 0 Å². The van der Waals surface area contributed by atoms with Gasteiger partial charge in [-0.1, -0.05) is 72.8 Å². The highest BCUT2D eigenvalue weighted by atomic mass is 14.1. The molecule has 0 aliphatic heterocycles. The first kappa shape index (κ1) is 14.1. The first-order valence-corrected chi connectivity index (χ1v) is 6.91. The quantitative estimate of drug-likeness (QED) is 0.458. The molecule has 0 atom stereocenters. The summed E-state index contributed by atoms with van der Waals surface area (Å²) in [4.78, 5) is 0.